The van der Waals surface area contributed by atoms with E-state index < -0.39 is 30.6 Å². The molecule has 1 saturated carbocycles. The zero-order chi connectivity index (χ0) is 24.6. The van der Waals surface area contributed by atoms with Gasteiger partial charge in [-0.15, -0.1) is 10.2 Å². The number of piperidine rings is 1. The van der Waals surface area contributed by atoms with Crippen molar-refractivity contribution in [3.05, 3.63) is 36.7 Å². The zero-order valence-corrected chi connectivity index (χ0v) is 19.8. The second kappa shape index (κ2) is 9.41. The van der Waals surface area contributed by atoms with E-state index in [4.69, 9.17) is 4.98 Å². The summed E-state index contributed by atoms with van der Waals surface area (Å²) in [6.07, 6.45) is 4.72. The van der Waals surface area contributed by atoms with Crippen LogP contribution in [0.5, 0.6) is 0 Å². The van der Waals surface area contributed by atoms with Gasteiger partial charge in [0.25, 0.3) is 0 Å². The van der Waals surface area contributed by atoms with E-state index in [9.17, 15) is 13.6 Å². The Morgan fingerprint density at radius 1 is 1.09 bits per heavy atom. The van der Waals surface area contributed by atoms with E-state index in [2.05, 4.69) is 44.6 Å². The summed E-state index contributed by atoms with van der Waals surface area (Å²) in [5.74, 6) is -2.92. The number of fused-ring (bicyclic) bond motifs is 1. The van der Waals surface area contributed by atoms with E-state index in [1.165, 1.54) is 0 Å². The summed E-state index contributed by atoms with van der Waals surface area (Å²) in [4.78, 5) is 23.8. The lowest BCUT2D eigenvalue weighted by atomic mass is 9.81. The Balaban J connectivity index is 1.28. The molecule has 8 nitrogen and oxygen atoms in total. The molecule has 3 heterocycles. The van der Waals surface area contributed by atoms with Gasteiger partial charge in [0, 0.05) is 54.9 Å². The lowest BCUT2D eigenvalue weighted by Crippen LogP contribution is -2.42. The van der Waals surface area contributed by atoms with Crippen LogP contribution in [0.2, 0.25) is 0 Å². The minimum absolute atomic E-state index is 0.240. The van der Waals surface area contributed by atoms with Crippen molar-refractivity contribution >= 4 is 28.4 Å². The second-order valence-electron chi connectivity index (χ2n) is 9.79. The molecule has 1 aliphatic heterocycles. The number of hydrogen-bond donors (Lipinski definition) is 2. The van der Waals surface area contributed by atoms with Crippen LogP contribution in [0.1, 0.15) is 39.5 Å². The summed E-state index contributed by atoms with van der Waals surface area (Å²) in [5.41, 5.74) is 2.23. The standard InChI is InChI=1S/C25H29F2N7O/c1-15(2)34-7-5-19(6-8-34)29-23-14-28-13-21(30-23)16-3-4-20-17(9-16)10-22(33-32-20)31-24(35)18-11-25(26,27)12-18/h3-4,9-10,13-15,18-19H,5-8,11-12H2,1-2H3,(H,29,30)(H,31,33,35). The van der Waals surface area contributed by atoms with Crippen LogP contribution in [-0.4, -0.2) is 62.1 Å². The van der Waals surface area contributed by atoms with Gasteiger partial charge in [-0.3, -0.25) is 9.78 Å². The third-order valence-electron chi connectivity index (χ3n) is 6.84. The Kier molecular flexibility index (Phi) is 6.31. The van der Waals surface area contributed by atoms with E-state index in [0.717, 1.165) is 48.4 Å². The molecule has 0 unspecified atom stereocenters. The van der Waals surface area contributed by atoms with Gasteiger partial charge in [-0.05, 0) is 44.9 Å². The first-order valence-electron chi connectivity index (χ1n) is 12.0. The molecule has 0 atom stereocenters. The minimum atomic E-state index is -2.75. The van der Waals surface area contributed by atoms with Crippen molar-refractivity contribution in [3.8, 4) is 11.3 Å². The Morgan fingerprint density at radius 3 is 2.57 bits per heavy atom. The predicted molar refractivity (Wildman–Crippen MR) is 130 cm³/mol. The highest BCUT2D eigenvalue weighted by molar-refractivity contribution is 5.94. The van der Waals surface area contributed by atoms with Crippen LogP contribution in [0.25, 0.3) is 22.2 Å². The van der Waals surface area contributed by atoms with Gasteiger partial charge < -0.3 is 15.5 Å². The van der Waals surface area contributed by atoms with E-state index in [-0.39, 0.29) is 5.82 Å². The van der Waals surface area contributed by atoms with Gasteiger partial charge in [0.2, 0.25) is 11.8 Å². The van der Waals surface area contributed by atoms with E-state index in [1.807, 2.05) is 18.2 Å². The fourth-order valence-corrected chi connectivity index (χ4v) is 4.68. The van der Waals surface area contributed by atoms with Crippen molar-refractivity contribution in [2.75, 3.05) is 23.7 Å². The summed E-state index contributed by atoms with van der Waals surface area (Å²) in [6, 6.07) is 8.27. The fourth-order valence-electron chi connectivity index (χ4n) is 4.68. The monoisotopic (exact) mass is 481 g/mol. The number of benzene rings is 1. The molecule has 1 aromatic carbocycles. The third kappa shape index (κ3) is 5.37. The molecule has 3 aromatic rings. The molecule has 184 valence electrons. The van der Waals surface area contributed by atoms with Crippen LogP contribution in [0.3, 0.4) is 0 Å². The highest BCUT2D eigenvalue weighted by Gasteiger charge is 2.48. The summed E-state index contributed by atoms with van der Waals surface area (Å²) < 4.78 is 26.2. The van der Waals surface area contributed by atoms with Crippen molar-refractivity contribution in [1.29, 1.82) is 0 Å². The Bertz CT molecular complexity index is 1220. The number of anilines is 2. The van der Waals surface area contributed by atoms with Crippen LogP contribution in [-0.2, 0) is 4.79 Å². The average molecular weight is 482 g/mol. The van der Waals surface area contributed by atoms with E-state index >= 15 is 0 Å². The topological polar surface area (TPSA) is 95.9 Å². The second-order valence-corrected chi connectivity index (χ2v) is 9.79. The van der Waals surface area contributed by atoms with Crippen LogP contribution < -0.4 is 10.6 Å². The van der Waals surface area contributed by atoms with Crippen LogP contribution in [0.4, 0.5) is 20.4 Å². The third-order valence-corrected chi connectivity index (χ3v) is 6.84. The Hall–Kier alpha value is -3.27. The summed E-state index contributed by atoms with van der Waals surface area (Å²) in [5, 5.41) is 15.0. The number of hydrogen-bond acceptors (Lipinski definition) is 7. The number of aromatic nitrogens is 4. The molecule has 1 amide bonds. The van der Waals surface area contributed by atoms with Gasteiger partial charge in [0.05, 0.1) is 23.6 Å². The normalized spacial score (nSPS) is 19.0. The number of alkyl halides is 2. The van der Waals surface area contributed by atoms with E-state index in [1.54, 1.807) is 18.5 Å². The number of nitrogens with one attached hydrogen (secondary N) is 2. The van der Waals surface area contributed by atoms with Crippen molar-refractivity contribution in [2.24, 2.45) is 5.92 Å². The van der Waals surface area contributed by atoms with Crippen molar-refractivity contribution < 1.29 is 13.6 Å². The summed E-state index contributed by atoms with van der Waals surface area (Å²) >= 11 is 0. The lowest BCUT2D eigenvalue weighted by Gasteiger charge is -2.35. The number of amides is 1. The first-order chi connectivity index (χ1) is 16.8. The molecule has 0 bridgehead atoms. The number of rotatable bonds is 6. The molecule has 0 spiro atoms. The maximum absolute atomic E-state index is 13.1. The molecular weight excluding hydrogens is 452 g/mol. The van der Waals surface area contributed by atoms with Gasteiger partial charge in [-0.2, -0.15) is 0 Å². The lowest BCUT2D eigenvalue weighted by molar-refractivity contribution is -0.145. The maximum Gasteiger partial charge on any atom is 0.249 e. The molecule has 1 saturated heterocycles. The van der Waals surface area contributed by atoms with E-state index in [0.29, 0.717) is 17.6 Å². The number of carbonyl (C=O) groups excluding carboxylic acids is 1. The van der Waals surface area contributed by atoms with Crippen molar-refractivity contribution in [1.82, 2.24) is 25.1 Å². The quantitative estimate of drug-likeness (QED) is 0.540. The van der Waals surface area contributed by atoms with Gasteiger partial charge in [0.1, 0.15) is 5.82 Å². The molecule has 2 aromatic heterocycles. The summed E-state index contributed by atoms with van der Waals surface area (Å²) in [7, 11) is 0. The SMILES string of the molecule is CC(C)N1CCC(Nc2cncc(-c3ccc4nnc(NC(=O)C5CC(F)(F)C5)cc4c3)n2)CC1. The highest BCUT2D eigenvalue weighted by Crippen LogP contribution is 2.42. The highest BCUT2D eigenvalue weighted by atomic mass is 19.3. The molecule has 5 rings (SSSR count). The molecule has 2 fully saturated rings. The molecular formula is C25H29F2N7O. The van der Waals surface area contributed by atoms with Gasteiger partial charge >= 0.3 is 0 Å². The molecule has 0 radical (unpaired) electrons. The van der Waals surface area contributed by atoms with Gasteiger partial charge in [-0.25, -0.2) is 13.8 Å². The number of likely N-dealkylation sites (tertiary alicyclic amines) is 1. The van der Waals surface area contributed by atoms with Crippen molar-refractivity contribution in [2.45, 2.75) is 57.5 Å². The van der Waals surface area contributed by atoms with Crippen LogP contribution >= 0.6 is 0 Å². The predicted octanol–water partition coefficient (Wildman–Crippen LogP) is 4.36. The molecule has 1 aliphatic carbocycles. The zero-order valence-electron chi connectivity index (χ0n) is 19.8. The Labute approximate surface area is 202 Å². The first kappa shape index (κ1) is 23.5. The molecule has 10 heteroatoms. The molecule has 2 N–H and O–H groups in total. The van der Waals surface area contributed by atoms with Crippen molar-refractivity contribution in [3.63, 3.8) is 0 Å². The number of nitrogens with zero attached hydrogens (tertiary/aromatic N) is 5. The average Bonchev–Trinajstić information content (AvgIpc) is 2.82. The largest absolute Gasteiger partial charge is 0.366 e. The van der Waals surface area contributed by atoms with Gasteiger partial charge in [0.15, 0.2) is 5.82 Å². The number of halogens is 2. The fraction of sp³-hybridized carbons (Fsp3) is 0.480. The minimum Gasteiger partial charge on any atom is -0.366 e. The number of carbonyl (C=O) groups is 1. The van der Waals surface area contributed by atoms with Crippen LogP contribution in [0, 0.1) is 5.92 Å². The first-order valence-corrected chi connectivity index (χ1v) is 12.0. The Morgan fingerprint density at radius 2 is 1.86 bits per heavy atom. The molecule has 35 heavy (non-hydrogen) atoms. The summed E-state index contributed by atoms with van der Waals surface area (Å²) in [6.45, 7) is 6.58. The van der Waals surface area contributed by atoms with Crippen LogP contribution in [0.15, 0.2) is 36.7 Å². The van der Waals surface area contributed by atoms with Gasteiger partial charge in [-0.1, -0.05) is 6.07 Å². The maximum atomic E-state index is 13.1. The smallest absolute Gasteiger partial charge is 0.249 e. The molecule has 2 aliphatic rings.